The van der Waals surface area contributed by atoms with E-state index in [2.05, 4.69) is 4.98 Å². The molecule has 1 aromatic heterocycles. The lowest BCUT2D eigenvalue weighted by atomic mass is 10.2. The van der Waals surface area contributed by atoms with Crippen LogP contribution in [0.4, 0.5) is 11.5 Å². The monoisotopic (exact) mass is 346 g/mol. The molecule has 1 aromatic carbocycles. The lowest BCUT2D eigenvalue weighted by Crippen LogP contribution is -2.39. The molecule has 132 valence electrons. The van der Waals surface area contributed by atoms with Crippen molar-refractivity contribution >= 4 is 23.4 Å². The maximum Gasteiger partial charge on any atom is 0.343 e. The Labute approximate surface area is 144 Å². The standard InChI is InChI=1S/C16H18N4O5/c1-3-25-16(22)11-19(13-7-5-4-6-8-13)15(21)10-18-12(2)17-9-14(18)20(23)24/h4-9H,3,10-11H2,1-2H3. The summed E-state index contributed by atoms with van der Waals surface area (Å²) < 4.78 is 6.10. The van der Waals surface area contributed by atoms with Crippen molar-refractivity contribution in [3.63, 3.8) is 0 Å². The molecule has 0 aliphatic heterocycles. The largest absolute Gasteiger partial charge is 0.465 e. The molecule has 0 aliphatic carbocycles. The number of anilines is 1. The molecule has 2 aromatic rings. The van der Waals surface area contributed by atoms with Crippen LogP contribution in [0.5, 0.6) is 0 Å². The van der Waals surface area contributed by atoms with E-state index in [1.807, 2.05) is 0 Å². The van der Waals surface area contributed by atoms with Gasteiger partial charge >= 0.3 is 11.8 Å². The van der Waals surface area contributed by atoms with Gasteiger partial charge in [-0.1, -0.05) is 18.2 Å². The average Bonchev–Trinajstić information content (AvgIpc) is 2.94. The molecule has 0 fully saturated rings. The molecule has 0 aliphatic rings. The van der Waals surface area contributed by atoms with Crippen molar-refractivity contribution in [2.75, 3.05) is 18.1 Å². The number of ether oxygens (including phenoxy) is 1. The van der Waals surface area contributed by atoms with E-state index in [1.165, 1.54) is 9.47 Å². The van der Waals surface area contributed by atoms with E-state index >= 15 is 0 Å². The van der Waals surface area contributed by atoms with Crippen LogP contribution in [-0.4, -0.2) is 39.5 Å². The van der Waals surface area contributed by atoms with Gasteiger partial charge < -0.3 is 14.9 Å². The molecule has 1 amide bonds. The van der Waals surface area contributed by atoms with Gasteiger partial charge in [-0.15, -0.1) is 0 Å². The minimum Gasteiger partial charge on any atom is -0.465 e. The molecule has 0 saturated carbocycles. The van der Waals surface area contributed by atoms with E-state index in [0.29, 0.717) is 11.5 Å². The first-order valence-corrected chi connectivity index (χ1v) is 7.61. The summed E-state index contributed by atoms with van der Waals surface area (Å²) >= 11 is 0. The number of para-hydroxylation sites is 1. The molecule has 9 nitrogen and oxygen atoms in total. The number of carbonyl (C=O) groups excluding carboxylic acids is 2. The molecule has 0 atom stereocenters. The predicted molar refractivity (Wildman–Crippen MR) is 89.0 cm³/mol. The lowest BCUT2D eigenvalue weighted by molar-refractivity contribution is -0.392. The van der Waals surface area contributed by atoms with Crippen LogP contribution in [0.1, 0.15) is 12.7 Å². The highest BCUT2D eigenvalue weighted by atomic mass is 16.6. The van der Waals surface area contributed by atoms with Crippen molar-refractivity contribution < 1.29 is 19.2 Å². The normalized spacial score (nSPS) is 10.3. The highest BCUT2D eigenvalue weighted by Gasteiger charge is 2.26. The highest BCUT2D eigenvalue weighted by molar-refractivity contribution is 5.97. The smallest absolute Gasteiger partial charge is 0.343 e. The van der Waals surface area contributed by atoms with Gasteiger partial charge in [0.1, 0.15) is 12.7 Å². The number of nitrogens with zero attached hydrogens (tertiary/aromatic N) is 4. The lowest BCUT2D eigenvalue weighted by Gasteiger charge is -2.21. The van der Waals surface area contributed by atoms with E-state index in [4.69, 9.17) is 4.74 Å². The van der Waals surface area contributed by atoms with Crippen LogP contribution >= 0.6 is 0 Å². The summed E-state index contributed by atoms with van der Waals surface area (Å²) in [6.45, 7) is 2.85. The maximum absolute atomic E-state index is 12.7. The Hall–Kier alpha value is -3.23. The minimum atomic E-state index is -0.606. The zero-order chi connectivity index (χ0) is 18.4. The van der Waals surface area contributed by atoms with Crippen LogP contribution in [0.15, 0.2) is 36.5 Å². The van der Waals surface area contributed by atoms with Gasteiger partial charge in [0.05, 0.1) is 6.61 Å². The van der Waals surface area contributed by atoms with E-state index in [-0.39, 0.29) is 25.5 Å². The number of carbonyl (C=O) groups is 2. The van der Waals surface area contributed by atoms with Gasteiger partial charge in [-0.25, -0.2) is 9.55 Å². The topological polar surface area (TPSA) is 108 Å². The number of hydrogen-bond acceptors (Lipinski definition) is 6. The first kappa shape index (κ1) is 18.1. The SMILES string of the molecule is CCOC(=O)CN(C(=O)Cn1c([N+](=O)[O-])cnc1C)c1ccccc1. The molecule has 0 N–H and O–H groups in total. The Kier molecular flexibility index (Phi) is 5.83. The molecule has 0 unspecified atom stereocenters. The molecular formula is C16H18N4O5. The molecule has 0 spiro atoms. The van der Waals surface area contributed by atoms with Crippen LogP contribution in [0.3, 0.4) is 0 Å². The van der Waals surface area contributed by atoms with E-state index in [1.54, 1.807) is 44.2 Å². The second-order valence-corrected chi connectivity index (χ2v) is 5.13. The van der Waals surface area contributed by atoms with Gasteiger partial charge in [-0.05, 0) is 24.0 Å². The highest BCUT2D eigenvalue weighted by Crippen LogP contribution is 2.17. The second-order valence-electron chi connectivity index (χ2n) is 5.13. The first-order valence-electron chi connectivity index (χ1n) is 7.61. The Morgan fingerprint density at radius 1 is 1.32 bits per heavy atom. The van der Waals surface area contributed by atoms with Crippen LogP contribution < -0.4 is 4.90 Å². The predicted octanol–water partition coefficient (Wildman–Crippen LogP) is 1.70. The Morgan fingerprint density at radius 3 is 2.60 bits per heavy atom. The zero-order valence-electron chi connectivity index (χ0n) is 13.9. The number of nitro groups is 1. The molecular weight excluding hydrogens is 328 g/mol. The van der Waals surface area contributed by atoms with Gasteiger partial charge in [0.2, 0.25) is 0 Å². The van der Waals surface area contributed by atoms with Gasteiger partial charge in [0.15, 0.2) is 12.4 Å². The molecule has 9 heteroatoms. The van der Waals surface area contributed by atoms with E-state index in [9.17, 15) is 19.7 Å². The molecule has 25 heavy (non-hydrogen) atoms. The van der Waals surface area contributed by atoms with Crippen molar-refractivity contribution in [3.05, 3.63) is 52.5 Å². The van der Waals surface area contributed by atoms with Crippen molar-refractivity contribution in [1.82, 2.24) is 9.55 Å². The minimum absolute atomic E-state index is 0.196. The summed E-state index contributed by atoms with van der Waals surface area (Å²) in [4.78, 5) is 40.1. The summed E-state index contributed by atoms with van der Waals surface area (Å²) in [6, 6.07) is 8.58. The third-order valence-electron chi connectivity index (χ3n) is 3.48. The second kappa shape index (κ2) is 8.04. The number of hydrogen-bond donors (Lipinski definition) is 0. The van der Waals surface area contributed by atoms with Crippen molar-refractivity contribution in [2.45, 2.75) is 20.4 Å². The van der Waals surface area contributed by atoms with Gasteiger partial charge in [-0.2, -0.15) is 0 Å². The third kappa shape index (κ3) is 4.40. The summed E-state index contributed by atoms with van der Waals surface area (Å²) in [6.07, 6.45) is 1.10. The van der Waals surface area contributed by atoms with Gasteiger partial charge in [-0.3, -0.25) is 14.5 Å². The quantitative estimate of drug-likeness (QED) is 0.429. The molecule has 0 bridgehead atoms. The summed E-state index contributed by atoms with van der Waals surface area (Å²) in [5.41, 5.74) is 0.501. The van der Waals surface area contributed by atoms with Crippen molar-refractivity contribution in [3.8, 4) is 0 Å². The van der Waals surface area contributed by atoms with Crippen LogP contribution in [0.25, 0.3) is 0 Å². The zero-order valence-corrected chi connectivity index (χ0v) is 13.9. The number of benzene rings is 1. The number of esters is 1. The fourth-order valence-corrected chi connectivity index (χ4v) is 2.29. The maximum atomic E-state index is 12.7. The Balaban J connectivity index is 2.28. The van der Waals surface area contributed by atoms with Crippen molar-refractivity contribution in [2.24, 2.45) is 0 Å². The van der Waals surface area contributed by atoms with Crippen LogP contribution in [0, 0.1) is 17.0 Å². The number of imidazole rings is 1. The number of aryl methyl sites for hydroxylation is 1. The number of aromatic nitrogens is 2. The molecule has 1 heterocycles. The van der Waals surface area contributed by atoms with Gasteiger partial charge in [0.25, 0.3) is 5.91 Å². The van der Waals surface area contributed by atoms with Crippen LogP contribution in [-0.2, 0) is 20.9 Å². The summed E-state index contributed by atoms with van der Waals surface area (Å²) in [5.74, 6) is -0.987. The summed E-state index contributed by atoms with van der Waals surface area (Å²) in [5, 5.41) is 11.1. The van der Waals surface area contributed by atoms with Gasteiger partial charge in [0, 0.05) is 12.6 Å². The fraction of sp³-hybridized carbons (Fsp3) is 0.312. The van der Waals surface area contributed by atoms with Crippen molar-refractivity contribution in [1.29, 1.82) is 0 Å². The first-order chi connectivity index (χ1) is 11.9. The fourth-order valence-electron chi connectivity index (χ4n) is 2.29. The Morgan fingerprint density at radius 2 is 2.00 bits per heavy atom. The summed E-state index contributed by atoms with van der Waals surface area (Å²) in [7, 11) is 0. The molecule has 0 radical (unpaired) electrons. The molecule has 2 rings (SSSR count). The number of rotatable bonds is 7. The van der Waals surface area contributed by atoms with Crippen LogP contribution in [0.2, 0.25) is 0 Å². The number of amides is 1. The third-order valence-corrected chi connectivity index (χ3v) is 3.48. The van der Waals surface area contributed by atoms with E-state index < -0.39 is 16.8 Å². The Bertz CT molecular complexity index is 772. The van der Waals surface area contributed by atoms with E-state index in [0.717, 1.165) is 6.20 Å². The molecule has 0 saturated heterocycles. The average molecular weight is 346 g/mol.